The van der Waals surface area contributed by atoms with Crippen LogP contribution in [0.5, 0.6) is 0 Å². The predicted octanol–water partition coefficient (Wildman–Crippen LogP) is 3.29. The second-order valence-corrected chi connectivity index (χ2v) is 6.20. The molecule has 8 heteroatoms. The van der Waals surface area contributed by atoms with Crippen molar-refractivity contribution < 1.29 is 13.7 Å². The van der Waals surface area contributed by atoms with Gasteiger partial charge in [0.1, 0.15) is 5.69 Å². The Bertz CT molecular complexity index is 954. The molecule has 126 valence electrons. The Hall–Kier alpha value is -3.13. The highest BCUT2D eigenvalue weighted by Gasteiger charge is 2.14. The third-order valence-electron chi connectivity index (χ3n) is 3.55. The maximum atomic E-state index is 12.1. The van der Waals surface area contributed by atoms with Gasteiger partial charge in [0.05, 0.1) is 17.7 Å². The Labute approximate surface area is 146 Å². The van der Waals surface area contributed by atoms with Crippen LogP contribution in [0.3, 0.4) is 0 Å². The summed E-state index contributed by atoms with van der Waals surface area (Å²) < 4.78 is 12.1. The number of aromatic nitrogens is 3. The number of nitrogens with one attached hydrogen (secondary N) is 1. The molecular weight excluding hydrogens is 340 g/mol. The molecule has 0 atom stereocenters. The number of nitrogens with zero attached hydrogens (tertiary/aromatic N) is 3. The maximum absolute atomic E-state index is 12.1. The summed E-state index contributed by atoms with van der Waals surface area (Å²) >= 11 is 1.64. The lowest BCUT2D eigenvalue weighted by Crippen LogP contribution is -2.27. The van der Waals surface area contributed by atoms with Gasteiger partial charge in [-0.15, -0.1) is 11.3 Å². The molecule has 0 spiro atoms. The van der Waals surface area contributed by atoms with E-state index in [4.69, 9.17) is 8.94 Å². The van der Waals surface area contributed by atoms with Crippen molar-refractivity contribution in [2.75, 3.05) is 6.54 Å². The number of thiophene rings is 1. The molecule has 0 radical (unpaired) electrons. The third-order valence-corrected chi connectivity index (χ3v) is 4.44. The fourth-order valence-electron chi connectivity index (χ4n) is 2.33. The Morgan fingerprint density at radius 2 is 2.20 bits per heavy atom. The van der Waals surface area contributed by atoms with Crippen molar-refractivity contribution in [2.45, 2.75) is 6.54 Å². The zero-order valence-electron chi connectivity index (χ0n) is 13.1. The first-order valence-electron chi connectivity index (χ1n) is 7.66. The van der Waals surface area contributed by atoms with Gasteiger partial charge >= 0.3 is 0 Å². The number of hydrogen-bond donors (Lipinski definition) is 1. The van der Waals surface area contributed by atoms with Gasteiger partial charge in [-0.1, -0.05) is 11.2 Å². The summed E-state index contributed by atoms with van der Waals surface area (Å²) in [7, 11) is 0. The molecule has 0 fully saturated rings. The molecule has 4 rings (SSSR count). The van der Waals surface area contributed by atoms with Crippen LogP contribution >= 0.6 is 11.3 Å². The fourth-order valence-corrected chi connectivity index (χ4v) is 3.02. The van der Waals surface area contributed by atoms with Crippen molar-refractivity contribution >= 4 is 17.2 Å². The van der Waals surface area contributed by atoms with Crippen molar-refractivity contribution in [3.05, 3.63) is 59.9 Å². The number of carbonyl (C=O) groups excluding carboxylic acids is 1. The van der Waals surface area contributed by atoms with Crippen LogP contribution in [0.25, 0.3) is 22.1 Å². The van der Waals surface area contributed by atoms with Crippen LogP contribution in [0.4, 0.5) is 0 Å². The number of furan rings is 1. The van der Waals surface area contributed by atoms with E-state index in [0.717, 1.165) is 10.6 Å². The lowest BCUT2D eigenvalue weighted by Gasteiger charge is -2.03. The van der Waals surface area contributed by atoms with Crippen LogP contribution in [0.2, 0.25) is 0 Å². The molecule has 4 heterocycles. The molecule has 0 saturated heterocycles. The Morgan fingerprint density at radius 3 is 3.00 bits per heavy atom. The van der Waals surface area contributed by atoms with Crippen molar-refractivity contribution in [3.63, 3.8) is 0 Å². The molecular formula is C17H14N4O3S. The normalized spacial score (nSPS) is 10.9. The monoisotopic (exact) mass is 354 g/mol. The quantitative estimate of drug-likeness (QED) is 0.574. The summed E-state index contributed by atoms with van der Waals surface area (Å²) in [6.07, 6.45) is 3.43. The van der Waals surface area contributed by atoms with Crippen molar-refractivity contribution in [1.82, 2.24) is 20.3 Å². The summed E-state index contributed by atoms with van der Waals surface area (Å²) in [6.45, 7) is 1.01. The highest BCUT2D eigenvalue weighted by Crippen LogP contribution is 2.22. The van der Waals surface area contributed by atoms with Gasteiger partial charge in [-0.25, -0.2) is 0 Å². The van der Waals surface area contributed by atoms with Gasteiger partial charge < -0.3 is 14.3 Å². The molecule has 0 saturated carbocycles. The van der Waals surface area contributed by atoms with Crippen LogP contribution in [-0.2, 0) is 6.54 Å². The first-order chi connectivity index (χ1) is 12.3. The highest BCUT2D eigenvalue weighted by molar-refractivity contribution is 7.13. The molecule has 1 amide bonds. The molecule has 0 aliphatic heterocycles. The van der Waals surface area contributed by atoms with Crippen LogP contribution in [0.1, 0.15) is 10.5 Å². The molecule has 0 aromatic carbocycles. The average molecular weight is 354 g/mol. The molecule has 4 aromatic rings. The van der Waals surface area contributed by atoms with Gasteiger partial charge in [0.25, 0.3) is 5.91 Å². The lowest BCUT2D eigenvalue weighted by molar-refractivity contribution is 0.0943. The maximum Gasteiger partial charge on any atom is 0.273 e. The highest BCUT2D eigenvalue weighted by atomic mass is 32.1. The second kappa shape index (κ2) is 6.78. The topological polar surface area (TPSA) is 86.1 Å². The number of amides is 1. The minimum absolute atomic E-state index is 0.214. The molecule has 0 aliphatic carbocycles. The van der Waals surface area contributed by atoms with Crippen molar-refractivity contribution in [3.8, 4) is 22.1 Å². The fraction of sp³-hybridized carbons (Fsp3) is 0.118. The zero-order chi connectivity index (χ0) is 17.1. The lowest BCUT2D eigenvalue weighted by atomic mass is 10.3. The van der Waals surface area contributed by atoms with E-state index in [1.807, 2.05) is 29.8 Å². The summed E-state index contributed by atoms with van der Waals surface area (Å²) in [4.78, 5) is 13.2. The van der Waals surface area contributed by atoms with E-state index in [0.29, 0.717) is 24.6 Å². The minimum atomic E-state index is -0.299. The average Bonchev–Trinajstić information content (AvgIpc) is 3.42. The first-order valence-corrected chi connectivity index (χ1v) is 8.54. The van der Waals surface area contributed by atoms with Gasteiger partial charge in [0.2, 0.25) is 5.76 Å². The second-order valence-electron chi connectivity index (χ2n) is 5.25. The van der Waals surface area contributed by atoms with E-state index in [9.17, 15) is 4.79 Å². The molecule has 0 bridgehead atoms. The molecule has 7 nitrogen and oxygen atoms in total. The van der Waals surface area contributed by atoms with Gasteiger partial charge in [0, 0.05) is 18.8 Å². The predicted molar refractivity (Wildman–Crippen MR) is 92.1 cm³/mol. The number of hydrogen-bond acceptors (Lipinski definition) is 6. The molecule has 0 aliphatic rings. The zero-order valence-corrected chi connectivity index (χ0v) is 13.9. The van der Waals surface area contributed by atoms with E-state index in [-0.39, 0.29) is 11.6 Å². The molecule has 4 aromatic heterocycles. The van der Waals surface area contributed by atoms with E-state index < -0.39 is 0 Å². The summed E-state index contributed by atoms with van der Waals surface area (Å²) in [5.41, 5.74) is 1.15. The third kappa shape index (κ3) is 3.38. The Kier molecular flexibility index (Phi) is 4.17. The van der Waals surface area contributed by atoms with Gasteiger partial charge in [-0.2, -0.15) is 5.10 Å². The first kappa shape index (κ1) is 15.4. The summed E-state index contributed by atoms with van der Waals surface area (Å²) in [6, 6.07) is 11.0. The van der Waals surface area contributed by atoms with E-state index >= 15 is 0 Å². The van der Waals surface area contributed by atoms with E-state index in [1.54, 1.807) is 34.2 Å². The van der Waals surface area contributed by atoms with E-state index in [1.165, 1.54) is 6.26 Å². The van der Waals surface area contributed by atoms with Crippen molar-refractivity contribution in [1.29, 1.82) is 0 Å². The van der Waals surface area contributed by atoms with Gasteiger partial charge in [-0.3, -0.25) is 9.48 Å². The van der Waals surface area contributed by atoms with E-state index in [2.05, 4.69) is 15.6 Å². The van der Waals surface area contributed by atoms with Crippen molar-refractivity contribution in [2.24, 2.45) is 0 Å². The summed E-state index contributed by atoms with van der Waals surface area (Å²) in [5, 5.41) is 13.1. The number of carbonyl (C=O) groups is 1. The smallest absolute Gasteiger partial charge is 0.273 e. The SMILES string of the molecule is O=C(NCCn1ccc(-c2cccs2)n1)c1cc(-c2ccco2)on1. The van der Waals surface area contributed by atoms with Crippen LogP contribution in [0.15, 0.2) is 63.2 Å². The standard InChI is InChI=1S/C17H14N4O3S/c22-17(13-11-15(24-20-13)14-3-1-9-23-14)18-6-8-21-7-5-12(19-21)16-4-2-10-25-16/h1-5,7,9-11H,6,8H2,(H,18,22). The van der Waals surface area contributed by atoms with Gasteiger partial charge in [-0.05, 0) is 29.6 Å². The molecule has 0 unspecified atom stereocenters. The summed E-state index contributed by atoms with van der Waals surface area (Å²) in [5.74, 6) is 0.652. The number of rotatable bonds is 6. The largest absolute Gasteiger partial charge is 0.461 e. The molecule has 1 N–H and O–H groups in total. The minimum Gasteiger partial charge on any atom is -0.461 e. The van der Waals surface area contributed by atoms with Crippen LogP contribution in [0, 0.1) is 0 Å². The molecule has 25 heavy (non-hydrogen) atoms. The Balaban J connectivity index is 1.32. The van der Waals surface area contributed by atoms with Crippen LogP contribution < -0.4 is 5.32 Å². The van der Waals surface area contributed by atoms with Crippen LogP contribution in [-0.4, -0.2) is 27.4 Å². The Morgan fingerprint density at radius 1 is 1.24 bits per heavy atom. The van der Waals surface area contributed by atoms with Gasteiger partial charge in [0.15, 0.2) is 11.5 Å².